The summed E-state index contributed by atoms with van der Waals surface area (Å²) in [6.07, 6.45) is 3.26. The SMILES string of the molecule is CN(Cc1ccoc1)c1ccc(CN)cc1F. The van der Waals surface area contributed by atoms with Crippen molar-refractivity contribution in [3.8, 4) is 0 Å². The van der Waals surface area contributed by atoms with E-state index < -0.39 is 0 Å². The number of nitrogens with two attached hydrogens (primary N) is 1. The smallest absolute Gasteiger partial charge is 0.146 e. The molecule has 0 aliphatic rings. The molecule has 90 valence electrons. The number of rotatable bonds is 4. The predicted octanol–water partition coefficient (Wildman–Crippen LogP) is 2.51. The van der Waals surface area contributed by atoms with E-state index in [0.717, 1.165) is 11.1 Å². The summed E-state index contributed by atoms with van der Waals surface area (Å²) >= 11 is 0. The molecule has 0 saturated carbocycles. The van der Waals surface area contributed by atoms with E-state index in [1.807, 2.05) is 24.1 Å². The fourth-order valence-corrected chi connectivity index (χ4v) is 1.73. The van der Waals surface area contributed by atoms with Crippen LogP contribution in [0.2, 0.25) is 0 Å². The summed E-state index contributed by atoms with van der Waals surface area (Å²) in [5, 5.41) is 0. The third-order valence-electron chi connectivity index (χ3n) is 2.66. The molecule has 2 rings (SSSR count). The standard InChI is InChI=1S/C13H15FN2O/c1-16(8-11-4-5-17-9-11)13-3-2-10(7-15)6-12(13)14/h2-6,9H,7-8,15H2,1H3. The Morgan fingerprint density at radius 2 is 2.12 bits per heavy atom. The minimum atomic E-state index is -0.251. The first-order chi connectivity index (χ1) is 8.20. The van der Waals surface area contributed by atoms with Crippen LogP contribution in [0.25, 0.3) is 0 Å². The summed E-state index contributed by atoms with van der Waals surface area (Å²) < 4.78 is 18.8. The van der Waals surface area contributed by atoms with E-state index in [2.05, 4.69) is 0 Å². The fraction of sp³-hybridized carbons (Fsp3) is 0.231. The van der Waals surface area contributed by atoms with Gasteiger partial charge in [0.15, 0.2) is 0 Å². The molecule has 0 fully saturated rings. The van der Waals surface area contributed by atoms with Gasteiger partial charge >= 0.3 is 0 Å². The molecule has 3 nitrogen and oxygen atoms in total. The van der Waals surface area contributed by atoms with E-state index in [-0.39, 0.29) is 5.82 Å². The van der Waals surface area contributed by atoms with Gasteiger partial charge in [-0.3, -0.25) is 0 Å². The van der Waals surface area contributed by atoms with E-state index in [9.17, 15) is 4.39 Å². The van der Waals surface area contributed by atoms with Gasteiger partial charge in [-0.1, -0.05) is 6.07 Å². The van der Waals surface area contributed by atoms with Gasteiger partial charge in [0.2, 0.25) is 0 Å². The van der Waals surface area contributed by atoms with Crippen LogP contribution in [0.1, 0.15) is 11.1 Å². The highest BCUT2D eigenvalue weighted by atomic mass is 19.1. The lowest BCUT2D eigenvalue weighted by atomic mass is 10.2. The van der Waals surface area contributed by atoms with Crippen molar-refractivity contribution in [3.05, 3.63) is 53.7 Å². The van der Waals surface area contributed by atoms with Gasteiger partial charge in [0, 0.05) is 25.7 Å². The number of nitrogens with zero attached hydrogens (tertiary/aromatic N) is 1. The normalized spacial score (nSPS) is 10.5. The predicted molar refractivity (Wildman–Crippen MR) is 65.1 cm³/mol. The average Bonchev–Trinajstić information content (AvgIpc) is 2.81. The van der Waals surface area contributed by atoms with Crippen LogP contribution in [0.5, 0.6) is 0 Å². The third-order valence-corrected chi connectivity index (χ3v) is 2.66. The Bertz CT molecular complexity index is 482. The van der Waals surface area contributed by atoms with Crippen LogP contribution in [-0.2, 0) is 13.1 Å². The number of anilines is 1. The fourth-order valence-electron chi connectivity index (χ4n) is 1.73. The highest BCUT2D eigenvalue weighted by molar-refractivity contribution is 5.48. The first kappa shape index (κ1) is 11.7. The molecule has 1 aromatic heterocycles. The molecule has 2 aromatic rings. The van der Waals surface area contributed by atoms with Crippen molar-refractivity contribution in [1.29, 1.82) is 0 Å². The van der Waals surface area contributed by atoms with Gasteiger partial charge in [0.1, 0.15) is 5.82 Å². The molecule has 0 spiro atoms. The van der Waals surface area contributed by atoms with Crippen molar-refractivity contribution in [2.45, 2.75) is 13.1 Å². The summed E-state index contributed by atoms with van der Waals surface area (Å²) in [6.45, 7) is 0.956. The maximum atomic E-state index is 13.8. The average molecular weight is 234 g/mol. The quantitative estimate of drug-likeness (QED) is 0.883. The van der Waals surface area contributed by atoms with Crippen LogP contribution in [0.4, 0.5) is 10.1 Å². The zero-order chi connectivity index (χ0) is 12.3. The molecule has 0 aliphatic heterocycles. The van der Waals surface area contributed by atoms with Crippen molar-refractivity contribution >= 4 is 5.69 Å². The van der Waals surface area contributed by atoms with E-state index in [1.165, 1.54) is 6.07 Å². The number of halogens is 1. The van der Waals surface area contributed by atoms with Crippen molar-refractivity contribution in [3.63, 3.8) is 0 Å². The van der Waals surface area contributed by atoms with Crippen LogP contribution in [0.3, 0.4) is 0 Å². The Kier molecular flexibility index (Phi) is 3.44. The van der Waals surface area contributed by atoms with Gasteiger partial charge in [0.25, 0.3) is 0 Å². The van der Waals surface area contributed by atoms with E-state index in [4.69, 9.17) is 10.2 Å². The van der Waals surface area contributed by atoms with E-state index in [1.54, 1.807) is 18.6 Å². The monoisotopic (exact) mass is 234 g/mol. The molecular weight excluding hydrogens is 219 g/mol. The third kappa shape index (κ3) is 2.65. The summed E-state index contributed by atoms with van der Waals surface area (Å²) in [5.41, 5.74) is 7.82. The van der Waals surface area contributed by atoms with Gasteiger partial charge < -0.3 is 15.1 Å². The maximum absolute atomic E-state index is 13.8. The highest BCUT2D eigenvalue weighted by Crippen LogP contribution is 2.21. The number of hydrogen-bond acceptors (Lipinski definition) is 3. The van der Waals surface area contributed by atoms with E-state index >= 15 is 0 Å². The van der Waals surface area contributed by atoms with Gasteiger partial charge in [-0.25, -0.2) is 4.39 Å². The van der Waals surface area contributed by atoms with Crippen LogP contribution >= 0.6 is 0 Å². The molecule has 2 N–H and O–H groups in total. The molecule has 0 unspecified atom stereocenters. The molecule has 0 radical (unpaired) electrons. The Balaban J connectivity index is 2.16. The van der Waals surface area contributed by atoms with Crippen LogP contribution in [-0.4, -0.2) is 7.05 Å². The van der Waals surface area contributed by atoms with Crippen LogP contribution in [0.15, 0.2) is 41.2 Å². The van der Waals surface area contributed by atoms with E-state index in [0.29, 0.717) is 18.8 Å². The van der Waals surface area contributed by atoms with Crippen molar-refractivity contribution < 1.29 is 8.81 Å². The molecule has 4 heteroatoms. The van der Waals surface area contributed by atoms with Crippen molar-refractivity contribution in [2.75, 3.05) is 11.9 Å². The zero-order valence-electron chi connectivity index (χ0n) is 9.69. The van der Waals surface area contributed by atoms with Crippen molar-refractivity contribution in [2.24, 2.45) is 5.73 Å². The molecule has 0 amide bonds. The molecular formula is C13H15FN2O. The molecule has 0 saturated heterocycles. The first-order valence-electron chi connectivity index (χ1n) is 5.41. The summed E-state index contributed by atoms with van der Waals surface area (Å²) in [5.74, 6) is -0.251. The van der Waals surface area contributed by atoms with Gasteiger partial charge in [-0.05, 0) is 23.8 Å². The molecule has 0 atom stereocenters. The minimum Gasteiger partial charge on any atom is -0.472 e. The highest BCUT2D eigenvalue weighted by Gasteiger charge is 2.09. The van der Waals surface area contributed by atoms with Crippen molar-refractivity contribution in [1.82, 2.24) is 0 Å². The largest absolute Gasteiger partial charge is 0.472 e. The Morgan fingerprint density at radius 1 is 1.29 bits per heavy atom. The lowest BCUT2D eigenvalue weighted by Crippen LogP contribution is -2.17. The molecule has 0 aliphatic carbocycles. The summed E-state index contributed by atoms with van der Waals surface area (Å²) in [4.78, 5) is 1.83. The Hall–Kier alpha value is -1.81. The minimum absolute atomic E-state index is 0.251. The Morgan fingerprint density at radius 3 is 2.71 bits per heavy atom. The summed E-state index contributed by atoms with van der Waals surface area (Å²) in [7, 11) is 1.84. The number of furan rings is 1. The number of hydrogen-bond donors (Lipinski definition) is 1. The first-order valence-corrected chi connectivity index (χ1v) is 5.41. The zero-order valence-corrected chi connectivity index (χ0v) is 9.69. The second kappa shape index (κ2) is 5.01. The maximum Gasteiger partial charge on any atom is 0.146 e. The summed E-state index contributed by atoms with van der Waals surface area (Å²) in [6, 6.07) is 6.92. The number of benzene rings is 1. The molecule has 1 heterocycles. The lowest BCUT2D eigenvalue weighted by Gasteiger charge is -2.19. The van der Waals surface area contributed by atoms with Gasteiger partial charge in [-0.15, -0.1) is 0 Å². The Labute approximate surface area is 99.6 Å². The van der Waals surface area contributed by atoms with Gasteiger partial charge in [-0.2, -0.15) is 0 Å². The second-order valence-corrected chi connectivity index (χ2v) is 3.98. The topological polar surface area (TPSA) is 42.4 Å². The molecule has 17 heavy (non-hydrogen) atoms. The van der Waals surface area contributed by atoms with Crippen LogP contribution in [0, 0.1) is 5.82 Å². The molecule has 1 aromatic carbocycles. The second-order valence-electron chi connectivity index (χ2n) is 3.98. The molecule has 0 bridgehead atoms. The lowest BCUT2D eigenvalue weighted by molar-refractivity contribution is 0.563. The van der Waals surface area contributed by atoms with Crippen LogP contribution < -0.4 is 10.6 Å². The van der Waals surface area contributed by atoms with Gasteiger partial charge in [0.05, 0.1) is 18.2 Å².